The Labute approximate surface area is 109 Å². The third-order valence-corrected chi connectivity index (χ3v) is 3.11. The molecule has 0 aliphatic carbocycles. The van der Waals surface area contributed by atoms with Gasteiger partial charge >= 0.3 is 5.97 Å². The summed E-state index contributed by atoms with van der Waals surface area (Å²) >= 11 is 0. The highest BCUT2D eigenvalue weighted by Gasteiger charge is 2.13. The van der Waals surface area contributed by atoms with Crippen molar-refractivity contribution in [3.05, 3.63) is 23.9 Å². The SMILES string of the molecule is CCOC(=O)c1ccc(N(C)C(CC)CC)nc1. The summed E-state index contributed by atoms with van der Waals surface area (Å²) < 4.78 is 4.93. The molecule has 0 atom stereocenters. The fourth-order valence-corrected chi connectivity index (χ4v) is 1.95. The zero-order valence-corrected chi connectivity index (χ0v) is 11.6. The van der Waals surface area contributed by atoms with Crippen molar-refractivity contribution in [1.82, 2.24) is 4.98 Å². The second-order valence-corrected chi connectivity index (χ2v) is 4.21. The second kappa shape index (κ2) is 6.99. The number of hydrogen-bond acceptors (Lipinski definition) is 4. The normalized spacial score (nSPS) is 10.5. The minimum atomic E-state index is -0.318. The van der Waals surface area contributed by atoms with Crippen molar-refractivity contribution in [1.29, 1.82) is 0 Å². The lowest BCUT2D eigenvalue weighted by atomic mass is 10.1. The lowest BCUT2D eigenvalue weighted by Crippen LogP contribution is -2.31. The van der Waals surface area contributed by atoms with Gasteiger partial charge in [0, 0.05) is 19.3 Å². The summed E-state index contributed by atoms with van der Waals surface area (Å²) in [5.41, 5.74) is 0.499. The molecule has 1 aromatic rings. The lowest BCUT2D eigenvalue weighted by Gasteiger charge is -2.27. The topological polar surface area (TPSA) is 42.4 Å². The van der Waals surface area contributed by atoms with Crippen LogP contribution in [-0.2, 0) is 4.74 Å². The maximum atomic E-state index is 11.5. The van der Waals surface area contributed by atoms with Crippen molar-refractivity contribution in [3.8, 4) is 0 Å². The number of carbonyl (C=O) groups excluding carboxylic acids is 1. The highest BCUT2D eigenvalue weighted by Crippen LogP contribution is 2.16. The van der Waals surface area contributed by atoms with Crippen molar-refractivity contribution in [2.75, 3.05) is 18.6 Å². The molecule has 0 fully saturated rings. The van der Waals surface area contributed by atoms with E-state index in [9.17, 15) is 4.79 Å². The third-order valence-electron chi connectivity index (χ3n) is 3.11. The first-order chi connectivity index (χ1) is 8.63. The van der Waals surface area contributed by atoms with Crippen LogP contribution in [0.4, 0.5) is 5.82 Å². The van der Waals surface area contributed by atoms with E-state index in [2.05, 4.69) is 23.7 Å². The Morgan fingerprint density at radius 1 is 1.33 bits per heavy atom. The van der Waals surface area contributed by atoms with Crippen LogP contribution >= 0.6 is 0 Å². The second-order valence-electron chi connectivity index (χ2n) is 4.21. The van der Waals surface area contributed by atoms with E-state index >= 15 is 0 Å². The van der Waals surface area contributed by atoms with Gasteiger partial charge in [-0.3, -0.25) is 0 Å². The summed E-state index contributed by atoms with van der Waals surface area (Å²) in [5, 5.41) is 0. The van der Waals surface area contributed by atoms with Gasteiger partial charge in [-0.2, -0.15) is 0 Å². The number of carbonyl (C=O) groups is 1. The van der Waals surface area contributed by atoms with Gasteiger partial charge in [0.25, 0.3) is 0 Å². The van der Waals surface area contributed by atoms with Gasteiger partial charge in [0.05, 0.1) is 12.2 Å². The van der Waals surface area contributed by atoms with E-state index in [0.29, 0.717) is 18.2 Å². The average Bonchev–Trinajstić information content (AvgIpc) is 2.40. The van der Waals surface area contributed by atoms with Crippen LogP contribution < -0.4 is 4.90 Å². The minimum Gasteiger partial charge on any atom is -0.462 e. The Bertz CT molecular complexity index is 372. The van der Waals surface area contributed by atoms with E-state index in [1.807, 2.05) is 13.1 Å². The summed E-state index contributed by atoms with van der Waals surface area (Å²) in [6.45, 7) is 6.50. The molecule has 0 aliphatic heterocycles. The summed E-state index contributed by atoms with van der Waals surface area (Å²) in [6, 6.07) is 4.11. The predicted octanol–water partition coefficient (Wildman–Crippen LogP) is 2.88. The van der Waals surface area contributed by atoms with E-state index in [1.54, 1.807) is 19.2 Å². The maximum absolute atomic E-state index is 11.5. The number of rotatable bonds is 6. The summed E-state index contributed by atoms with van der Waals surface area (Å²) in [4.78, 5) is 18.0. The largest absolute Gasteiger partial charge is 0.462 e. The first kappa shape index (κ1) is 14.5. The summed E-state index contributed by atoms with van der Waals surface area (Å²) in [7, 11) is 2.03. The highest BCUT2D eigenvalue weighted by molar-refractivity contribution is 5.89. The Kier molecular flexibility index (Phi) is 5.62. The fraction of sp³-hybridized carbons (Fsp3) is 0.571. The number of esters is 1. The molecule has 0 aromatic carbocycles. The van der Waals surface area contributed by atoms with Crippen LogP contribution in [0.5, 0.6) is 0 Å². The number of ether oxygens (including phenoxy) is 1. The molecule has 1 aromatic heterocycles. The number of pyridine rings is 1. The van der Waals surface area contributed by atoms with Gasteiger partial charge in [-0.1, -0.05) is 13.8 Å². The minimum absolute atomic E-state index is 0.318. The summed E-state index contributed by atoms with van der Waals surface area (Å²) in [5.74, 6) is 0.568. The maximum Gasteiger partial charge on any atom is 0.339 e. The predicted molar refractivity (Wildman–Crippen MR) is 73.0 cm³/mol. The molecule has 0 radical (unpaired) electrons. The average molecular weight is 250 g/mol. The molecule has 100 valence electrons. The molecule has 0 aliphatic rings. The molecule has 0 spiro atoms. The van der Waals surface area contributed by atoms with Crippen LogP contribution in [0.3, 0.4) is 0 Å². The molecule has 1 heterocycles. The molecule has 4 heteroatoms. The fourth-order valence-electron chi connectivity index (χ4n) is 1.95. The molecule has 18 heavy (non-hydrogen) atoms. The number of hydrogen-bond donors (Lipinski definition) is 0. The van der Waals surface area contributed by atoms with Crippen LogP contribution in [0, 0.1) is 0 Å². The van der Waals surface area contributed by atoms with Crippen molar-refractivity contribution in [3.63, 3.8) is 0 Å². The van der Waals surface area contributed by atoms with Crippen molar-refractivity contribution < 1.29 is 9.53 Å². The Balaban J connectivity index is 2.79. The van der Waals surface area contributed by atoms with E-state index in [4.69, 9.17) is 4.74 Å². The molecule has 0 bridgehead atoms. The van der Waals surface area contributed by atoms with Gasteiger partial charge in [0.2, 0.25) is 0 Å². The highest BCUT2D eigenvalue weighted by atomic mass is 16.5. The molecule has 1 rings (SSSR count). The molecule has 0 saturated carbocycles. The monoisotopic (exact) mass is 250 g/mol. The van der Waals surface area contributed by atoms with E-state index in [-0.39, 0.29) is 5.97 Å². The van der Waals surface area contributed by atoms with Crippen molar-refractivity contribution >= 4 is 11.8 Å². The third kappa shape index (κ3) is 3.45. The van der Waals surface area contributed by atoms with E-state index in [0.717, 1.165) is 18.7 Å². The van der Waals surface area contributed by atoms with E-state index < -0.39 is 0 Å². The molecular formula is C14H22N2O2. The smallest absolute Gasteiger partial charge is 0.339 e. The van der Waals surface area contributed by atoms with Gasteiger partial charge in [0.15, 0.2) is 0 Å². The quantitative estimate of drug-likeness (QED) is 0.728. The standard InChI is InChI=1S/C14H22N2O2/c1-5-12(6-2)16(4)13-9-8-11(10-15-13)14(17)18-7-3/h8-10,12H,5-7H2,1-4H3. The Morgan fingerprint density at radius 2 is 2.00 bits per heavy atom. The van der Waals surface area contributed by atoms with Crippen molar-refractivity contribution in [2.24, 2.45) is 0 Å². The number of aromatic nitrogens is 1. The lowest BCUT2D eigenvalue weighted by molar-refractivity contribution is 0.0526. The summed E-state index contributed by atoms with van der Waals surface area (Å²) in [6.07, 6.45) is 3.73. The zero-order valence-electron chi connectivity index (χ0n) is 11.6. The number of nitrogens with zero attached hydrogens (tertiary/aromatic N) is 2. The molecule has 0 unspecified atom stereocenters. The molecule has 0 saturated heterocycles. The first-order valence-electron chi connectivity index (χ1n) is 6.49. The Hall–Kier alpha value is -1.58. The van der Waals surface area contributed by atoms with Crippen LogP contribution in [0.1, 0.15) is 44.0 Å². The first-order valence-corrected chi connectivity index (χ1v) is 6.49. The van der Waals surface area contributed by atoms with Crippen LogP contribution in [0.15, 0.2) is 18.3 Å². The van der Waals surface area contributed by atoms with Crippen molar-refractivity contribution in [2.45, 2.75) is 39.7 Å². The van der Waals surface area contributed by atoms with Gasteiger partial charge < -0.3 is 9.64 Å². The molecule has 0 amide bonds. The van der Waals surface area contributed by atoms with Crippen LogP contribution in [0.25, 0.3) is 0 Å². The van der Waals surface area contributed by atoms with Gasteiger partial charge in [0.1, 0.15) is 5.82 Å². The number of anilines is 1. The van der Waals surface area contributed by atoms with Crippen LogP contribution in [0.2, 0.25) is 0 Å². The van der Waals surface area contributed by atoms with Crippen LogP contribution in [-0.4, -0.2) is 30.6 Å². The molecule has 0 N–H and O–H groups in total. The van der Waals surface area contributed by atoms with Gasteiger partial charge in [-0.05, 0) is 31.9 Å². The molecule has 4 nitrogen and oxygen atoms in total. The van der Waals surface area contributed by atoms with Gasteiger partial charge in [-0.25, -0.2) is 9.78 Å². The zero-order chi connectivity index (χ0) is 13.5. The van der Waals surface area contributed by atoms with Gasteiger partial charge in [-0.15, -0.1) is 0 Å². The molecular weight excluding hydrogens is 228 g/mol. The van der Waals surface area contributed by atoms with E-state index in [1.165, 1.54) is 0 Å². The Morgan fingerprint density at radius 3 is 2.44 bits per heavy atom.